The van der Waals surface area contributed by atoms with Gasteiger partial charge < -0.3 is 10.2 Å². The Hall–Kier alpha value is -1.77. The minimum atomic E-state index is 0.0507. The highest BCUT2D eigenvalue weighted by Crippen LogP contribution is 2.43. The molecule has 2 aliphatic carbocycles. The van der Waals surface area contributed by atoms with Gasteiger partial charge in [0.2, 0.25) is 0 Å². The Kier molecular flexibility index (Phi) is 3.51. The number of amides is 1. The fourth-order valence-corrected chi connectivity index (χ4v) is 3.37. The standard InChI is InChI=1S/C17H22N2O/c1-19(2)17(20)13-5-7-16(8-6-13)18-11-15-10-12-3-4-14(15)9-12/h3-8,12,14-15,18H,9-11H2,1-2H3. The summed E-state index contributed by atoms with van der Waals surface area (Å²) in [6.07, 6.45) is 7.44. The molecular weight excluding hydrogens is 248 g/mol. The highest BCUT2D eigenvalue weighted by atomic mass is 16.2. The van der Waals surface area contributed by atoms with E-state index in [0.29, 0.717) is 0 Å². The first kappa shape index (κ1) is 13.2. The molecule has 1 fully saturated rings. The normalized spacial score (nSPS) is 26.8. The lowest BCUT2D eigenvalue weighted by Gasteiger charge is -2.19. The van der Waals surface area contributed by atoms with Crippen LogP contribution in [0.15, 0.2) is 36.4 Å². The van der Waals surface area contributed by atoms with Crippen LogP contribution in [0.5, 0.6) is 0 Å². The summed E-state index contributed by atoms with van der Waals surface area (Å²) in [6, 6.07) is 7.79. The molecule has 3 heteroatoms. The fourth-order valence-electron chi connectivity index (χ4n) is 3.37. The summed E-state index contributed by atoms with van der Waals surface area (Å²) < 4.78 is 0. The van der Waals surface area contributed by atoms with Gasteiger partial charge in [0.1, 0.15) is 0 Å². The Morgan fingerprint density at radius 3 is 2.50 bits per heavy atom. The van der Waals surface area contributed by atoms with Crippen molar-refractivity contribution in [2.75, 3.05) is 26.0 Å². The molecule has 1 aromatic carbocycles. The molecule has 0 radical (unpaired) electrons. The highest BCUT2D eigenvalue weighted by Gasteiger charge is 2.35. The van der Waals surface area contributed by atoms with E-state index in [2.05, 4.69) is 17.5 Å². The molecule has 3 nitrogen and oxygen atoms in total. The molecule has 0 aliphatic heterocycles. The van der Waals surface area contributed by atoms with Gasteiger partial charge in [-0.15, -0.1) is 0 Å². The maximum absolute atomic E-state index is 11.8. The summed E-state index contributed by atoms with van der Waals surface area (Å²) in [4.78, 5) is 13.4. The topological polar surface area (TPSA) is 32.3 Å². The molecular formula is C17H22N2O. The average molecular weight is 270 g/mol. The molecule has 0 heterocycles. The van der Waals surface area contributed by atoms with E-state index >= 15 is 0 Å². The van der Waals surface area contributed by atoms with Crippen molar-refractivity contribution >= 4 is 11.6 Å². The molecule has 0 aromatic heterocycles. The van der Waals surface area contributed by atoms with Crippen molar-refractivity contribution in [2.45, 2.75) is 12.8 Å². The first-order valence-corrected chi connectivity index (χ1v) is 7.37. The van der Waals surface area contributed by atoms with Gasteiger partial charge in [-0.2, -0.15) is 0 Å². The molecule has 1 aromatic rings. The number of nitrogens with zero attached hydrogens (tertiary/aromatic N) is 1. The van der Waals surface area contributed by atoms with Gasteiger partial charge in [0.25, 0.3) is 5.91 Å². The molecule has 2 aliphatic rings. The van der Waals surface area contributed by atoms with Crippen LogP contribution in [0.25, 0.3) is 0 Å². The van der Waals surface area contributed by atoms with Gasteiger partial charge in [-0.25, -0.2) is 0 Å². The lowest BCUT2D eigenvalue weighted by atomic mass is 9.93. The van der Waals surface area contributed by atoms with Crippen LogP contribution in [-0.4, -0.2) is 31.4 Å². The van der Waals surface area contributed by atoms with Gasteiger partial charge in [0.15, 0.2) is 0 Å². The van der Waals surface area contributed by atoms with E-state index in [0.717, 1.165) is 35.5 Å². The van der Waals surface area contributed by atoms with E-state index in [1.54, 1.807) is 19.0 Å². The van der Waals surface area contributed by atoms with Crippen LogP contribution in [-0.2, 0) is 0 Å². The Balaban J connectivity index is 1.56. The van der Waals surface area contributed by atoms with Crippen molar-refractivity contribution in [3.05, 3.63) is 42.0 Å². The maximum atomic E-state index is 11.8. The summed E-state index contributed by atoms with van der Waals surface area (Å²) in [5.41, 5.74) is 1.84. The largest absolute Gasteiger partial charge is 0.385 e. The maximum Gasteiger partial charge on any atom is 0.253 e. The molecule has 1 amide bonds. The minimum Gasteiger partial charge on any atom is -0.385 e. The second kappa shape index (κ2) is 5.31. The van der Waals surface area contributed by atoms with E-state index in [1.165, 1.54) is 12.8 Å². The third kappa shape index (κ3) is 2.58. The summed E-state index contributed by atoms with van der Waals surface area (Å²) in [7, 11) is 3.55. The molecule has 106 valence electrons. The van der Waals surface area contributed by atoms with Crippen LogP contribution in [0.3, 0.4) is 0 Å². The summed E-state index contributed by atoms with van der Waals surface area (Å²) >= 11 is 0. The number of rotatable bonds is 4. The Labute approximate surface area is 120 Å². The van der Waals surface area contributed by atoms with Gasteiger partial charge in [-0.1, -0.05) is 12.2 Å². The summed E-state index contributed by atoms with van der Waals surface area (Å²) in [6.45, 7) is 1.03. The predicted molar refractivity (Wildman–Crippen MR) is 81.8 cm³/mol. The van der Waals surface area contributed by atoms with Crippen molar-refractivity contribution < 1.29 is 4.79 Å². The number of anilines is 1. The zero-order valence-corrected chi connectivity index (χ0v) is 12.2. The zero-order valence-electron chi connectivity index (χ0n) is 12.2. The average Bonchev–Trinajstić information content (AvgIpc) is 3.07. The van der Waals surface area contributed by atoms with Gasteiger partial charge in [0.05, 0.1) is 0 Å². The molecule has 3 atom stereocenters. The van der Waals surface area contributed by atoms with Crippen molar-refractivity contribution in [1.29, 1.82) is 0 Å². The third-order valence-electron chi connectivity index (χ3n) is 4.52. The molecule has 3 rings (SSSR count). The van der Waals surface area contributed by atoms with E-state index in [-0.39, 0.29) is 5.91 Å². The van der Waals surface area contributed by atoms with Crippen molar-refractivity contribution in [2.24, 2.45) is 17.8 Å². The summed E-state index contributed by atoms with van der Waals surface area (Å²) in [5.74, 6) is 2.43. The number of carbonyl (C=O) groups is 1. The molecule has 1 N–H and O–H groups in total. The van der Waals surface area contributed by atoms with Gasteiger partial charge in [-0.05, 0) is 54.9 Å². The number of fused-ring (bicyclic) bond motifs is 2. The van der Waals surface area contributed by atoms with E-state index in [9.17, 15) is 4.79 Å². The van der Waals surface area contributed by atoms with E-state index in [4.69, 9.17) is 0 Å². The lowest BCUT2D eigenvalue weighted by molar-refractivity contribution is 0.0827. The SMILES string of the molecule is CN(C)C(=O)c1ccc(NCC2CC3C=CC2C3)cc1. The van der Waals surface area contributed by atoms with Gasteiger partial charge >= 0.3 is 0 Å². The Bertz CT molecular complexity index is 518. The number of hydrogen-bond donors (Lipinski definition) is 1. The number of allylic oxidation sites excluding steroid dienone is 2. The van der Waals surface area contributed by atoms with Gasteiger partial charge in [-0.3, -0.25) is 4.79 Å². The van der Waals surface area contributed by atoms with Gasteiger partial charge in [0, 0.05) is 31.9 Å². The number of carbonyl (C=O) groups excluding carboxylic acids is 1. The second-order valence-electron chi connectivity index (χ2n) is 6.20. The molecule has 1 saturated carbocycles. The van der Waals surface area contributed by atoms with Crippen molar-refractivity contribution in [3.8, 4) is 0 Å². The highest BCUT2D eigenvalue weighted by molar-refractivity contribution is 5.94. The fraction of sp³-hybridized carbons (Fsp3) is 0.471. The van der Waals surface area contributed by atoms with E-state index < -0.39 is 0 Å². The van der Waals surface area contributed by atoms with Crippen molar-refractivity contribution in [3.63, 3.8) is 0 Å². The molecule has 20 heavy (non-hydrogen) atoms. The molecule has 2 bridgehead atoms. The van der Waals surface area contributed by atoms with Crippen LogP contribution in [0.1, 0.15) is 23.2 Å². The number of hydrogen-bond acceptors (Lipinski definition) is 2. The van der Waals surface area contributed by atoms with Crippen LogP contribution >= 0.6 is 0 Å². The first-order chi connectivity index (χ1) is 9.63. The minimum absolute atomic E-state index is 0.0507. The van der Waals surface area contributed by atoms with Crippen LogP contribution in [0.4, 0.5) is 5.69 Å². The number of nitrogens with one attached hydrogen (secondary N) is 1. The van der Waals surface area contributed by atoms with Crippen molar-refractivity contribution in [1.82, 2.24) is 4.90 Å². The number of benzene rings is 1. The monoisotopic (exact) mass is 270 g/mol. The third-order valence-corrected chi connectivity index (χ3v) is 4.52. The molecule has 3 unspecified atom stereocenters. The Morgan fingerprint density at radius 1 is 1.20 bits per heavy atom. The molecule has 0 saturated heterocycles. The van der Waals surface area contributed by atoms with Crippen LogP contribution in [0.2, 0.25) is 0 Å². The molecule has 0 spiro atoms. The predicted octanol–water partition coefficient (Wildman–Crippen LogP) is 3.01. The van der Waals surface area contributed by atoms with Crippen LogP contribution < -0.4 is 5.32 Å². The second-order valence-corrected chi connectivity index (χ2v) is 6.20. The first-order valence-electron chi connectivity index (χ1n) is 7.37. The van der Waals surface area contributed by atoms with E-state index in [1.807, 2.05) is 24.3 Å². The quantitative estimate of drug-likeness (QED) is 0.853. The lowest BCUT2D eigenvalue weighted by Crippen LogP contribution is -2.21. The zero-order chi connectivity index (χ0) is 14.1. The summed E-state index contributed by atoms with van der Waals surface area (Å²) in [5, 5.41) is 3.51. The smallest absolute Gasteiger partial charge is 0.253 e. The van der Waals surface area contributed by atoms with Crippen LogP contribution in [0, 0.1) is 17.8 Å². The Morgan fingerprint density at radius 2 is 1.95 bits per heavy atom.